The summed E-state index contributed by atoms with van der Waals surface area (Å²) in [6, 6.07) is 10.4. The molecule has 4 nitrogen and oxygen atoms in total. The van der Waals surface area contributed by atoms with Gasteiger partial charge in [0, 0.05) is 38.1 Å². The zero-order valence-corrected chi connectivity index (χ0v) is 15.4. The molecule has 1 aromatic heterocycles. The molecule has 0 unspecified atom stereocenters. The first-order valence-corrected chi connectivity index (χ1v) is 8.75. The molecule has 0 amide bonds. The Bertz CT molecular complexity index is 722. The molecule has 0 atom stereocenters. The number of aromatic nitrogens is 1. The van der Waals surface area contributed by atoms with E-state index in [0.717, 1.165) is 42.8 Å². The zero-order valence-electron chi connectivity index (χ0n) is 14.5. The molecule has 1 aliphatic rings. The Balaban J connectivity index is 1.61. The van der Waals surface area contributed by atoms with Gasteiger partial charge >= 0.3 is 0 Å². The first-order valence-electron chi connectivity index (χ1n) is 8.34. The van der Waals surface area contributed by atoms with Crippen molar-refractivity contribution in [1.29, 1.82) is 0 Å². The summed E-state index contributed by atoms with van der Waals surface area (Å²) in [5.41, 5.74) is 4.93. The number of pyridine rings is 1. The molecule has 0 saturated carbocycles. The Hall–Kier alpha value is -2.14. The molecule has 0 bridgehead atoms. The maximum absolute atomic E-state index is 5.63. The van der Waals surface area contributed by atoms with Gasteiger partial charge in [-0.3, -0.25) is 0 Å². The molecule has 0 aliphatic carbocycles. The molecule has 3 rings (SSSR count). The van der Waals surface area contributed by atoms with Crippen LogP contribution in [0, 0.1) is 20.8 Å². The lowest BCUT2D eigenvalue weighted by Crippen LogP contribution is -2.50. The van der Waals surface area contributed by atoms with Crippen molar-refractivity contribution in [2.75, 3.05) is 36.4 Å². The van der Waals surface area contributed by atoms with E-state index in [9.17, 15) is 0 Å². The highest BCUT2D eigenvalue weighted by Gasteiger charge is 2.20. The van der Waals surface area contributed by atoms with Crippen molar-refractivity contribution in [3.8, 4) is 0 Å². The molecule has 0 spiro atoms. The molecule has 1 aliphatic heterocycles. The van der Waals surface area contributed by atoms with Crippen molar-refractivity contribution in [3.63, 3.8) is 0 Å². The summed E-state index contributed by atoms with van der Waals surface area (Å²) in [5, 5.41) is 4.23. The van der Waals surface area contributed by atoms with Crippen LogP contribution in [-0.2, 0) is 0 Å². The fourth-order valence-electron chi connectivity index (χ4n) is 2.97. The lowest BCUT2D eigenvalue weighted by atomic mass is 10.1. The van der Waals surface area contributed by atoms with Crippen LogP contribution in [0.15, 0.2) is 36.5 Å². The molecule has 1 N–H and O–H groups in total. The highest BCUT2D eigenvalue weighted by Crippen LogP contribution is 2.21. The van der Waals surface area contributed by atoms with E-state index in [4.69, 9.17) is 12.2 Å². The number of thiocarbonyl (C=S) groups is 1. The predicted molar refractivity (Wildman–Crippen MR) is 105 cm³/mol. The van der Waals surface area contributed by atoms with Crippen LogP contribution in [0.25, 0.3) is 0 Å². The van der Waals surface area contributed by atoms with E-state index < -0.39 is 0 Å². The van der Waals surface area contributed by atoms with Crippen LogP contribution in [0.3, 0.4) is 0 Å². The Morgan fingerprint density at radius 1 is 1.00 bits per heavy atom. The molecule has 126 valence electrons. The lowest BCUT2D eigenvalue weighted by molar-refractivity contribution is 0.389. The van der Waals surface area contributed by atoms with Gasteiger partial charge in [-0.25, -0.2) is 4.98 Å². The van der Waals surface area contributed by atoms with Crippen LogP contribution in [0.5, 0.6) is 0 Å². The minimum atomic E-state index is 0.807. The van der Waals surface area contributed by atoms with E-state index in [-0.39, 0.29) is 0 Å². The van der Waals surface area contributed by atoms with Gasteiger partial charge in [-0.05, 0) is 67.9 Å². The highest BCUT2D eigenvalue weighted by atomic mass is 32.1. The van der Waals surface area contributed by atoms with Gasteiger partial charge in [-0.1, -0.05) is 12.1 Å². The van der Waals surface area contributed by atoms with Crippen molar-refractivity contribution in [2.45, 2.75) is 20.8 Å². The van der Waals surface area contributed by atoms with Gasteiger partial charge in [0.05, 0.1) is 0 Å². The van der Waals surface area contributed by atoms with Crippen molar-refractivity contribution in [1.82, 2.24) is 9.88 Å². The summed E-state index contributed by atoms with van der Waals surface area (Å²) >= 11 is 5.63. The monoisotopic (exact) mass is 340 g/mol. The van der Waals surface area contributed by atoms with Crippen LogP contribution in [-0.4, -0.2) is 41.2 Å². The zero-order chi connectivity index (χ0) is 17.1. The van der Waals surface area contributed by atoms with Crippen molar-refractivity contribution in [2.24, 2.45) is 0 Å². The molecular formula is C19H24N4S. The van der Waals surface area contributed by atoms with Crippen LogP contribution < -0.4 is 10.2 Å². The van der Waals surface area contributed by atoms with Crippen molar-refractivity contribution >= 4 is 28.8 Å². The summed E-state index contributed by atoms with van der Waals surface area (Å²) in [4.78, 5) is 8.97. The second-order valence-corrected chi connectivity index (χ2v) is 6.73. The third-order valence-corrected chi connectivity index (χ3v) is 4.98. The number of rotatable bonds is 2. The quantitative estimate of drug-likeness (QED) is 0.846. The van der Waals surface area contributed by atoms with Gasteiger partial charge in [-0.15, -0.1) is 0 Å². The number of nitrogens with one attached hydrogen (secondary N) is 1. The summed E-state index contributed by atoms with van der Waals surface area (Å²) in [5.74, 6) is 1.04. The maximum atomic E-state index is 5.63. The number of benzene rings is 1. The van der Waals surface area contributed by atoms with Gasteiger partial charge < -0.3 is 15.1 Å². The highest BCUT2D eigenvalue weighted by molar-refractivity contribution is 7.80. The second kappa shape index (κ2) is 7.18. The minimum Gasteiger partial charge on any atom is -0.353 e. The minimum absolute atomic E-state index is 0.807. The molecule has 2 heterocycles. The summed E-state index contributed by atoms with van der Waals surface area (Å²) in [6.45, 7) is 10.1. The fourth-order valence-corrected chi connectivity index (χ4v) is 3.26. The first-order chi connectivity index (χ1) is 11.5. The standard InChI is InChI=1S/C19H24N4S/c1-14-12-16(3)17(13-15(14)2)21-19(24)23-10-8-22(9-11-23)18-6-4-5-7-20-18/h4-7,12-13H,8-11H2,1-3H3,(H,21,24). The SMILES string of the molecule is Cc1cc(C)c(NC(=S)N2CCN(c3ccccn3)CC2)cc1C. The molecular weight excluding hydrogens is 316 g/mol. The van der Waals surface area contributed by atoms with Gasteiger partial charge in [-0.2, -0.15) is 0 Å². The van der Waals surface area contributed by atoms with E-state index in [1.807, 2.05) is 18.3 Å². The fraction of sp³-hybridized carbons (Fsp3) is 0.368. The summed E-state index contributed by atoms with van der Waals surface area (Å²) in [7, 11) is 0. The Labute approximate surface area is 149 Å². The Morgan fingerprint density at radius 3 is 2.38 bits per heavy atom. The van der Waals surface area contributed by atoms with Crippen LogP contribution in [0.1, 0.15) is 16.7 Å². The van der Waals surface area contributed by atoms with Gasteiger partial charge in [0.2, 0.25) is 0 Å². The predicted octanol–water partition coefficient (Wildman–Crippen LogP) is 3.53. The molecule has 1 fully saturated rings. The topological polar surface area (TPSA) is 31.4 Å². The van der Waals surface area contributed by atoms with E-state index >= 15 is 0 Å². The average Bonchev–Trinajstić information content (AvgIpc) is 2.60. The van der Waals surface area contributed by atoms with Crippen LogP contribution >= 0.6 is 12.2 Å². The molecule has 0 radical (unpaired) electrons. The van der Waals surface area contributed by atoms with E-state index in [1.54, 1.807) is 0 Å². The van der Waals surface area contributed by atoms with Gasteiger partial charge in [0.1, 0.15) is 5.82 Å². The molecule has 24 heavy (non-hydrogen) atoms. The number of hydrogen-bond donors (Lipinski definition) is 1. The third kappa shape index (κ3) is 3.67. The first kappa shape index (κ1) is 16.7. The van der Waals surface area contributed by atoms with Crippen LogP contribution in [0.4, 0.5) is 11.5 Å². The maximum Gasteiger partial charge on any atom is 0.173 e. The molecule has 1 aromatic carbocycles. The number of piperazine rings is 1. The third-order valence-electron chi connectivity index (χ3n) is 4.62. The molecule has 1 saturated heterocycles. The summed E-state index contributed by atoms with van der Waals surface area (Å²) < 4.78 is 0. The van der Waals surface area contributed by atoms with Crippen LogP contribution in [0.2, 0.25) is 0 Å². The summed E-state index contributed by atoms with van der Waals surface area (Å²) in [6.07, 6.45) is 1.84. The van der Waals surface area contributed by atoms with E-state index in [2.05, 4.69) is 59.1 Å². The smallest absolute Gasteiger partial charge is 0.173 e. The van der Waals surface area contributed by atoms with E-state index in [1.165, 1.54) is 16.7 Å². The Morgan fingerprint density at radius 2 is 1.71 bits per heavy atom. The Kier molecular flexibility index (Phi) is 5.00. The van der Waals surface area contributed by atoms with E-state index in [0.29, 0.717) is 0 Å². The van der Waals surface area contributed by atoms with Gasteiger partial charge in [0.15, 0.2) is 5.11 Å². The lowest BCUT2D eigenvalue weighted by Gasteiger charge is -2.37. The average molecular weight is 340 g/mol. The second-order valence-electron chi connectivity index (χ2n) is 6.34. The molecule has 5 heteroatoms. The number of aryl methyl sites for hydroxylation is 3. The number of anilines is 2. The van der Waals surface area contributed by atoms with Crippen molar-refractivity contribution in [3.05, 3.63) is 53.2 Å². The number of nitrogens with zero attached hydrogens (tertiary/aromatic N) is 3. The normalized spacial score (nSPS) is 14.6. The number of hydrogen-bond acceptors (Lipinski definition) is 3. The largest absolute Gasteiger partial charge is 0.353 e. The van der Waals surface area contributed by atoms with Crippen molar-refractivity contribution < 1.29 is 0 Å². The molecule has 2 aromatic rings. The van der Waals surface area contributed by atoms with Gasteiger partial charge in [0.25, 0.3) is 0 Å².